The molecule has 2 aromatic carbocycles. The molecule has 1 heterocycles. The zero-order chi connectivity index (χ0) is 17.2. The van der Waals surface area contributed by atoms with Crippen LogP contribution in [0, 0.1) is 13.8 Å². The van der Waals surface area contributed by atoms with Crippen LogP contribution in [0.4, 0.5) is 0 Å². The maximum absolute atomic E-state index is 12.3. The summed E-state index contributed by atoms with van der Waals surface area (Å²) in [5.41, 5.74) is 2.54. The van der Waals surface area contributed by atoms with Gasteiger partial charge in [-0.05, 0) is 31.5 Å². The van der Waals surface area contributed by atoms with Crippen LogP contribution in [0.1, 0.15) is 17.2 Å². The Kier molecular flexibility index (Phi) is 4.51. The Balaban J connectivity index is 1.78. The number of sulfonamides is 1. The van der Waals surface area contributed by atoms with Crippen LogP contribution in [-0.2, 0) is 16.6 Å². The van der Waals surface area contributed by atoms with Gasteiger partial charge in [0.1, 0.15) is 11.5 Å². The van der Waals surface area contributed by atoms with Crippen LogP contribution in [-0.4, -0.2) is 13.4 Å². The highest BCUT2D eigenvalue weighted by molar-refractivity contribution is 7.89. The molecule has 0 unspecified atom stereocenters. The van der Waals surface area contributed by atoms with Crippen LogP contribution in [0.25, 0.3) is 11.3 Å². The van der Waals surface area contributed by atoms with Crippen molar-refractivity contribution >= 4 is 10.0 Å². The van der Waals surface area contributed by atoms with Crippen molar-refractivity contribution in [3.63, 3.8) is 0 Å². The number of hydrogen-bond donors (Lipinski definition) is 1. The van der Waals surface area contributed by atoms with E-state index in [1.165, 1.54) is 0 Å². The Hall–Kier alpha value is -2.44. The first kappa shape index (κ1) is 16.4. The summed E-state index contributed by atoms with van der Waals surface area (Å²) in [6.45, 7) is 3.67. The third-order valence-corrected chi connectivity index (χ3v) is 5.00. The van der Waals surface area contributed by atoms with E-state index in [-0.39, 0.29) is 11.4 Å². The predicted molar refractivity (Wildman–Crippen MR) is 91.9 cm³/mol. The van der Waals surface area contributed by atoms with Crippen molar-refractivity contribution in [1.29, 1.82) is 0 Å². The topological polar surface area (TPSA) is 72.2 Å². The quantitative estimate of drug-likeness (QED) is 0.771. The molecule has 0 aliphatic heterocycles. The normalized spacial score (nSPS) is 11.6. The highest BCUT2D eigenvalue weighted by Crippen LogP contribution is 2.23. The summed E-state index contributed by atoms with van der Waals surface area (Å²) in [5, 5.41) is 0. The maximum atomic E-state index is 12.3. The van der Waals surface area contributed by atoms with E-state index >= 15 is 0 Å². The minimum Gasteiger partial charge on any atom is -0.444 e. The zero-order valence-electron chi connectivity index (χ0n) is 13.5. The Morgan fingerprint density at radius 1 is 1.04 bits per heavy atom. The monoisotopic (exact) mass is 342 g/mol. The lowest BCUT2D eigenvalue weighted by molar-refractivity contribution is 0.463. The average molecular weight is 342 g/mol. The fourth-order valence-corrected chi connectivity index (χ4v) is 3.49. The number of aromatic nitrogens is 1. The second-order valence-corrected chi connectivity index (χ2v) is 7.29. The summed E-state index contributed by atoms with van der Waals surface area (Å²) in [4.78, 5) is 4.63. The Bertz CT molecular complexity index is 947. The van der Waals surface area contributed by atoms with Gasteiger partial charge in [0.25, 0.3) is 0 Å². The lowest BCUT2D eigenvalue weighted by Crippen LogP contribution is -2.23. The number of nitrogens with one attached hydrogen (secondary N) is 1. The maximum Gasteiger partial charge on any atom is 0.241 e. The van der Waals surface area contributed by atoms with Crippen LogP contribution >= 0.6 is 0 Å². The van der Waals surface area contributed by atoms with Crippen molar-refractivity contribution in [2.45, 2.75) is 25.3 Å². The van der Waals surface area contributed by atoms with Crippen molar-refractivity contribution in [2.24, 2.45) is 0 Å². The number of aryl methyl sites for hydroxylation is 2. The van der Waals surface area contributed by atoms with Crippen LogP contribution in [0.5, 0.6) is 0 Å². The van der Waals surface area contributed by atoms with E-state index in [1.807, 2.05) is 50.2 Å². The molecule has 0 aliphatic rings. The number of oxazole rings is 1. The smallest absolute Gasteiger partial charge is 0.241 e. The summed E-state index contributed by atoms with van der Waals surface area (Å²) in [6, 6.07) is 16.4. The molecule has 6 heteroatoms. The number of benzene rings is 2. The lowest BCUT2D eigenvalue weighted by Gasteiger charge is -2.05. The van der Waals surface area contributed by atoms with Crippen LogP contribution < -0.4 is 4.72 Å². The van der Waals surface area contributed by atoms with Crippen molar-refractivity contribution < 1.29 is 12.8 Å². The summed E-state index contributed by atoms with van der Waals surface area (Å²) in [6.07, 6.45) is 0. The molecule has 3 aromatic rings. The highest BCUT2D eigenvalue weighted by Gasteiger charge is 2.17. The molecule has 3 rings (SSSR count). The molecule has 0 fully saturated rings. The van der Waals surface area contributed by atoms with Crippen molar-refractivity contribution in [3.05, 3.63) is 71.8 Å². The fourth-order valence-electron chi connectivity index (χ4n) is 2.41. The van der Waals surface area contributed by atoms with Gasteiger partial charge in [-0.15, -0.1) is 0 Å². The molecular weight excluding hydrogens is 324 g/mol. The Labute approximate surface area is 141 Å². The number of rotatable bonds is 5. The predicted octanol–water partition coefficient (Wildman–Crippen LogP) is 3.44. The SMILES string of the molecule is Cc1cccc(S(=O)(=O)NCc2nc(-c3ccccc3)c(C)o2)c1. The van der Waals surface area contributed by atoms with Gasteiger partial charge in [0.2, 0.25) is 15.9 Å². The molecule has 0 saturated heterocycles. The second-order valence-electron chi connectivity index (χ2n) is 5.52. The minimum absolute atomic E-state index is 0.00392. The molecular formula is C18H18N2O3S. The Morgan fingerprint density at radius 2 is 1.79 bits per heavy atom. The van der Waals surface area contributed by atoms with Crippen molar-refractivity contribution in [2.75, 3.05) is 0 Å². The summed E-state index contributed by atoms with van der Waals surface area (Å²) >= 11 is 0. The minimum atomic E-state index is -3.60. The fraction of sp³-hybridized carbons (Fsp3) is 0.167. The third-order valence-electron chi connectivity index (χ3n) is 3.60. The third kappa shape index (κ3) is 3.55. The van der Waals surface area contributed by atoms with E-state index in [2.05, 4.69) is 9.71 Å². The van der Waals surface area contributed by atoms with Gasteiger partial charge in [-0.3, -0.25) is 0 Å². The molecule has 5 nitrogen and oxygen atoms in total. The number of hydrogen-bond acceptors (Lipinski definition) is 4. The molecule has 0 radical (unpaired) electrons. The molecule has 0 spiro atoms. The first-order chi connectivity index (χ1) is 11.5. The molecule has 124 valence electrons. The summed E-state index contributed by atoms with van der Waals surface area (Å²) in [5.74, 6) is 0.994. The van der Waals surface area contributed by atoms with Gasteiger partial charge in [0.05, 0.1) is 11.4 Å². The van der Waals surface area contributed by atoms with Gasteiger partial charge >= 0.3 is 0 Å². The van der Waals surface area contributed by atoms with E-state index < -0.39 is 10.0 Å². The van der Waals surface area contributed by atoms with Crippen LogP contribution in [0.2, 0.25) is 0 Å². The van der Waals surface area contributed by atoms with Gasteiger partial charge in [0.15, 0.2) is 0 Å². The molecule has 0 saturated carbocycles. The van der Waals surface area contributed by atoms with Crippen LogP contribution in [0.3, 0.4) is 0 Å². The molecule has 0 bridgehead atoms. The largest absolute Gasteiger partial charge is 0.444 e. The van der Waals surface area contributed by atoms with E-state index in [9.17, 15) is 8.42 Å². The van der Waals surface area contributed by atoms with Crippen LogP contribution in [0.15, 0.2) is 63.9 Å². The van der Waals surface area contributed by atoms with E-state index in [0.29, 0.717) is 11.7 Å². The lowest BCUT2D eigenvalue weighted by atomic mass is 10.1. The molecule has 1 N–H and O–H groups in total. The summed E-state index contributed by atoms with van der Waals surface area (Å²) in [7, 11) is -3.60. The van der Waals surface area contributed by atoms with Crippen molar-refractivity contribution in [3.8, 4) is 11.3 Å². The van der Waals surface area contributed by atoms with E-state index in [4.69, 9.17) is 4.42 Å². The zero-order valence-corrected chi connectivity index (χ0v) is 14.3. The van der Waals surface area contributed by atoms with Gasteiger partial charge in [-0.2, -0.15) is 0 Å². The van der Waals surface area contributed by atoms with E-state index in [1.54, 1.807) is 18.2 Å². The first-order valence-corrected chi connectivity index (χ1v) is 9.02. The first-order valence-electron chi connectivity index (χ1n) is 7.54. The molecule has 1 aromatic heterocycles. The van der Waals surface area contributed by atoms with Gasteiger partial charge < -0.3 is 4.42 Å². The highest BCUT2D eigenvalue weighted by atomic mass is 32.2. The molecule has 0 amide bonds. The Morgan fingerprint density at radius 3 is 2.50 bits per heavy atom. The number of nitrogens with zero attached hydrogens (tertiary/aromatic N) is 1. The van der Waals surface area contributed by atoms with Gasteiger partial charge in [0, 0.05) is 5.56 Å². The molecule has 0 aliphatic carbocycles. The summed E-state index contributed by atoms with van der Waals surface area (Å²) < 4.78 is 32.8. The van der Waals surface area contributed by atoms with Gasteiger partial charge in [-0.25, -0.2) is 18.1 Å². The molecule has 24 heavy (non-hydrogen) atoms. The van der Waals surface area contributed by atoms with Crippen molar-refractivity contribution in [1.82, 2.24) is 9.71 Å². The van der Waals surface area contributed by atoms with Gasteiger partial charge in [-0.1, -0.05) is 42.5 Å². The van der Waals surface area contributed by atoms with E-state index in [0.717, 1.165) is 16.8 Å². The average Bonchev–Trinajstić information content (AvgIpc) is 2.95. The second kappa shape index (κ2) is 6.59. The molecule has 0 atom stereocenters. The standard InChI is InChI=1S/C18H18N2O3S/c1-13-7-6-10-16(11-13)24(21,22)19-12-17-20-18(14(2)23-17)15-8-4-3-5-9-15/h3-11,19H,12H2,1-2H3.